The van der Waals surface area contributed by atoms with Crippen molar-refractivity contribution in [3.8, 4) is 10.6 Å². The second kappa shape index (κ2) is 6.51. The zero-order valence-corrected chi connectivity index (χ0v) is 14.1. The van der Waals surface area contributed by atoms with Crippen LogP contribution in [0.15, 0.2) is 23.7 Å². The van der Waals surface area contributed by atoms with Crippen LogP contribution in [0, 0.1) is 12.9 Å². The summed E-state index contributed by atoms with van der Waals surface area (Å²) in [4.78, 5) is 24.5. The molecule has 0 saturated carbocycles. The number of amides is 1. The van der Waals surface area contributed by atoms with Crippen LogP contribution in [0.25, 0.3) is 10.6 Å². The summed E-state index contributed by atoms with van der Waals surface area (Å²) in [5, 5.41) is 5.95. The van der Waals surface area contributed by atoms with Gasteiger partial charge in [-0.1, -0.05) is 17.4 Å². The molecule has 0 radical (unpaired) electrons. The molecule has 0 atom stereocenters. The molecule has 1 amide bonds. The molecule has 0 saturated heterocycles. The first-order valence-electron chi connectivity index (χ1n) is 6.82. The van der Waals surface area contributed by atoms with Crippen molar-refractivity contribution in [2.75, 3.05) is 5.32 Å². The van der Waals surface area contributed by atoms with Gasteiger partial charge in [-0.2, -0.15) is 4.39 Å². The first-order valence-corrected chi connectivity index (χ1v) is 8.51. The second-order valence-corrected chi connectivity index (χ2v) is 6.81. The van der Waals surface area contributed by atoms with Crippen molar-refractivity contribution in [3.05, 3.63) is 45.9 Å². The predicted octanol–water partition coefficient (Wildman–Crippen LogP) is 3.66. The van der Waals surface area contributed by atoms with E-state index in [0.29, 0.717) is 17.1 Å². The van der Waals surface area contributed by atoms with Crippen LogP contribution in [-0.2, 0) is 11.2 Å². The highest BCUT2D eigenvalue weighted by atomic mass is 32.1. The van der Waals surface area contributed by atoms with E-state index >= 15 is 0 Å². The maximum absolute atomic E-state index is 13.6. The van der Waals surface area contributed by atoms with E-state index in [1.807, 2.05) is 12.3 Å². The highest BCUT2D eigenvalue weighted by Gasteiger charge is 2.14. The van der Waals surface area contributed by atoms with Gasteiger partial charge in [0.15, 0.2) is 5.13 Å². The van der Waals surface area contributed by atoms with Crippen molar-refractivity contribution >= 4 is 33.7 Å². The molecule has 3 aromatic heterocycles. The number of hydrogen-bond donors (Lipinski definition) is 1. The minimum absolute atomic E-state index is 0.156. The highest BCUT2D eigenvalue weighted by molar-refractivity contribution is 7.19. The number of pyridine rings is 1. The van der Waals surface area contributed by atoms with Gasteiger partial charge in [-0.3, -0.25) is 4.79 Å². The zero-order chi connectivity index (χ0) is 16.4. The lowest BCUT2D eigenvalue weighted by Crippen LogP contribution is -2.04. The van der Waals surface area contributed by atoms with Crippen molar-refractivity contribution in [1.29, 1.82) is 0 Å². The molecule has 0 spiro atoms. The molecule has 8 heteroatoms. The minimum Gasteiger partial charge on any atom is -0.302 e. The van der Waals surface area contributed by atoms with Gasteiger partial charge in [0.1, 0.15) is 0 Å². The van der Waals surface area contributed by atoms with E-state index in [1.54, 1.807) is 12.1 Å². The molecule has 3 heterocycles. The Morgan fingerprint density at radius 3 is 2.96 bits per heavy atom. The summed E-state index contributed by atoms with van der Waals surface area (Å²) in [6.45, 7) is 3.32. The van der Waals surface area contributed by atoms with Crippen LogP contribution < -0.4 is 5.32 Å². The van der Waals surface area contributed by atoms with E-state index < -0.39 is 5.95 Å². The van der Waals surface area contributed by atoms with Crippen molar-refractivity contribution in [2.45, 2.75) is 20.3 Å². The molecular weight excluding hydrogens is 335 g/mol. The summed E-state index contributed by atoms with van der Waals surface area (Å²) in [7, 11) is 0. The fourth-order valence-electron chi connectivity index (χ4n) is 2.05. The van der Waals surface area contributed by atoms with Crippen LogP contribution in [0.1, 0.15) is 23.2 Å². The van der Waals surface area contributed by atoms with Gasteiger partial charge in [-0.15, -0.1) is 11.3 Å². The number of nitrogens with one attached hydrogen (secondary N) is 1. The van der Waals surface area contributed by atoms with Gasteiger partial charge >= 0.3 is 0 Å². The lowest BCUT2D eigenvalue weighted by Gasteiger charge is -1.98. The predicted molar refractivity (Wildman–Crippen MR) is 89.3 cm³/mol. The Hall–Kier alpha value is -2.19. The Bertz CT molecular complexity index is 859. The number of aryl methyl sites for hydroxylation is 1. The molecule has 5 nitrogen and oxygen atoms in total. The number of aromatic nitrogens is 3. The molecule has 0 aromatic carbocycles. The molecule has 0 aliphatic carbocycles. The fraction of sp³-hybridized carbons (Fsp3) is 0.200. The third-order valence-electron chi connectivity index (χ3n) is 3.04. The molecule has 23 heavy (non-hydrogen) atoms. The molecular formula is C15H13FN4OS2. The Balaban J connectivity index is 1.83. The number of anilines is 1. The van der Waals surface area contributed by atoms with Gasteiger partial charge in [-0.25, -0.2) is 15.0 Å². The lowest BCUT2D eigenvalue weighted by atomic mass is 10.2. The van der Waals surface area contributed by atoms with Crippen molar-refractivity contribution in [2.24, 2.45) is 0 Å². The zero-order valence-electron chi connectivity index (χ0n) is 12.5. The van der Waals surface area contributed by atoms with Crippen LogP contribution >= 0.6 is 22.7 Å². The van der Waals surface area contributed by atoms with E-state index in [2.05, 4.69) is 20.3 Å². The molecule has 3 aromatic rings. The Labute approximate surface area is 140 Å². The van der Waals surface area contributed by atoms with Gasteiger partial charge in [0.25, 0.3) is 0 Å². The molecule has 0 aliphatic heterocycles. The van der Waals surface area contributed by atoms with Crippen molar-refractivity contribution in [1.82, 2.24) is 15.0 Å². The first kappa shape index (κ1) is 15.7. The number of carbonyl (C=O) groups excluding carboxylic acids is 1. The number of carbonyl (C=O) groups is 1. The highest BCUT2D eigenvalue weighted by Crippen LogP contribution is 2.33. The van der Waals surface area contributed by atoms with Crippen LogP contribution in [0.5, 0.6) is 0 Å². The number of nitrogens with zero attached hydrogens (tertiary/aromatic N) is 3. The van der Waals surface area contributed by atoms with Crippen LogP contribution in [0.3, 0.4) is 0 Å². The van der Waals surface area contributed by atoms with Gasteiger partial charge in [0, 0.05) is 30.5 Å². The summed E-state index contributed by atoms with van der Waals surface area (Å²) in [6, 6.07) is 3.41. The normalized spacial score (nSPS) is 10.7. The maximum Gasteiger partial charge on any atom is 0.223 e. The Morgan fingerprint density at radius 2 is 2.22 bits per heavy atom. The summed E-state index contributed by atoms with van der Waals surface area (Å²) in [5.41, 5.74) is 2.12. The SMILES string of the molecule is CC(=O)Nc1nc(C)c(-c2csc(Cc3cccnc3F)n2)s1. The molecule has 0 fully saturated rings. The van der Waals surface area contributed by atoms with Gasteiger partial charge in [-0.05, 0) is 13.0 Å². The topological polar surface area (TPSA) is 67.8 Å². The minimum atomic E-state index is -0.467. The maximum atomic E-state index is 13.6. The van der Waals surface area contributed by atoms with Crippen LogP contribution in [-0.4, -0.2) is 20.9 Å². The van der Waals surface area contributed by atoms with Gasteiger partial charge in [0.2, 0.25) is 11.9 Å². The summed E-state index contributed by atoms with van der Waals surface area (Å²) in [6.07, 6.45) is 1.83. The van der Waals surface area contributed by atoms with E-state index in [0.717, 1.165) is 21.3 Å². The molecule has 118 valence electrons. The van der Waals surface area contributed by atoms with E-state index in [1.165, 1.54) is 35.8 Å². The molecule has 3 rings (SSSR count). The van der Waals surface area contributed by atoms with E-state index in [4.69, 9.17) is 0 Å². The summed E-state index contributed by atoms with van der Waals surface area (Å²) in [5.74, 6) is -0.623. The number of rotatable bonds is 4. The average molecular weight is 348 g/mol. The Kier molecular flexibility index (Phi) is 4.44. The fourth-order valence-corrected chi connectivity index (χ4v) is 3.90. The Morgan fingerprint density at radius 1 is 1.39 bits per heavy atom. The lowest BCUT2D eigenvalue weighted by molar-refractivity contribution is -0.114. The van der Waals surface area contributed by atoms with Gasteiger partial charge in [0.05, 0.1) is 21.3 Å². The molecule has 1 N–H and O–H groups in total. The number of hydrogen-bond acceptors (Lipinski definition) is 6. The quantitative estimate of drug-likeness (QED) is 0.731. The molecule has 0 bridgehead atoms. The largest absolute Gasteiger partial charge is 0.302 e. The van der Waals surface area contributed by atoms with Gasteiger partial charge < -0.3 is 5.32 Å². The molecule has 0 unspecified atom stereocenters. The summed E-state index contributed by atoms with van der Waals surface area (Å²) >= 11 is 2.84. The third-order valence-corrected chi connectivity index (χ3v) is 4.99. The number of thiazole rings is 2. The second-order valence-electron chi connectivity index (χ2n) is 4.87. The van der Waals surface area contributed by atoms with E-state index in [9.17, 15) is 9.18 Å². The first-order chi connectivity index (χ1) is 11.0. The van der Waals surface area contributed by atoms with Crippen LogP contribution in [0.4, 0.5) is 9.52 Å². The standard InChI is InChI=1S/C15H13FN4OS2/c1-8-13(23-15(18-8)19-9(2)21)11-7-22-12(20-11)6-10-4-3-5-17-14(10)16/h3-5,7H,6H2,1-2H3,(H,18,19,21). The van der Waals surface area contributed by atoms with Crippen molar-refractivity contribution < 1.29 is 9.18 Å². The van der Waals surface area contributed by atoms with Crippen LogP contribution in [0.2, 0.25) is 0 Å². The third kappa shape index (κ3) is 3.59. The average Bonchev–Trinajstić information content (AvgIpc) is 3.07. The monoisotopic (exact) mass is 348 g/mol. The summed E-state index contributed by atoms with van der Waals surface area (Å²) < 4.78 is 13.6. The number of halogens is 1. The van der Waals surface area contributed by atoms with E-state index in [-0.39, 0.29) is 5.91 Å². The smallest absolute Gasteiger partial charge is 0.223 e. The molecule has 0 aliphatic rings. The van der Waals surface area contributed by atoms with Crippen molar-refractivity contribution in [3.63, 3.8) is 0 Å².